The number of benzene rings is 1. The number of rotatable bonds is 7. The van der Waals surface area contributed by atoms with E-state index in [9.17, 15) is 14.9 Å². The first-order valence-electron chi connectivity index (χ1n) is 12.6. The van der Waals surface area contributed by atoms with Gasteiger partial charge >= 0.3 is 0 Å². The van der Waals surface area contributed by atoms with Crippen molar-refractivity contribution in [3.05, 3.63) is 53.7 Å². The van der Waals surface area contributed by atoms with Crippen molar-refractivity contribution >= 4 is 23.3 Å². The Morgan fingerprint density at radius 2 is 2.08 bits per heavy atom. The second kappa shape index (κ2) is 10.1. The Hall–Kier alpha value is -3.70. The van der Waals surface area contributed by atoms with E-state index >= 15 is 0 Å². The van der Waals surface area contributed by atoms with E-state index in [1.54, 1.807) is 18.1 Å². The summed E-state index contributed by atoms with van der Waals surface area (Å²) in [5.41, 5.74) is 4.31. The summed E-state index contributed by atoms with van der Waals surface area (Å²) in [4.78, 5) is 35.7. The van der Waals surface area contributed by atoms with Crippen molar-refractivity contribution in [1.82, 2.24) is 9.88 Å². The van der Waals surface area contributed by atoms with Gasteiger partial charge in [0.2, 0.25) is 5.91 Å². The van der Waals surface area contributed by atoms with E-state index in [1.165, 1.54) is 0 Å². The third-order valence-corrected chi connectivity index (χ3v) is 7.17. The first-order valence-corrected chi connectivity index (χ1v) is 12.6. The van der Waals surface area contributed by atoms with Crippen LogP contribution in [0, 0.1) is 11.3 Å². The molecule has 0 N–H and O–H groups in total. The zero-order valence-corrected chi connectivity index (χ0v) is 20.8. The molecule has 1 aromatic carbocycles. The highest BCUT2D eigenvalue weighted by molar-refractivity contribution is 6.04. The maximum Gasteiger partial charge on any atom is 0.251 e. The van der Waals surface area contributed by atoms with Gasteiger partial charge in [0, 0.05) is 62.6 Å². The molecule has 1 saturated carbocycles. The van der Waals surface area contributed by atoms with Crippen LogP contribution >= 0.6 is 0 Å². The van der Waals surface area contributed by atoms with Gasteiger partial charge in [-0.15, -0.1) is 0 Å². The lowest BCUT2D eigenvalue weighted by Gasteiger charge is -2.41. The molecular weight excluding hydrogens is 454 g/mol. The fourth-order valence-corrected chi connectivity index (χ4v) is 5.11. The highest BCUT2D eigenvalue weighted by atomic mass is 16.5. The molecule has 2 aromatic rings. The van der Waals surface area contributed by atoms with Gasteiger partial charge in [0.1, 0.15) is 11.9 Å². The first kappa shape index (κ1) is 24.0. The number of amides is 2. The van der Waals surface area contributed by atoms with Gasteiger partial charge in [-0.3, -0.25) is 9.59 Å². The molecule has 3 heterocycles. The van der Waals surface area contributed by atoms with E-state index in [1.807, 2.05) is 48.2 Å². The lowest BCUT2D eigenvalue weighted by atomic mass is 9.98. The highest BCUT2D eigenvalue weighted by Crippen LogP contribution is 2.45. The number of anilines is 2. The van der Waals surface area contributed by atoms with Crippen molar-refractivity contribution in [2.24, 2.45) is 0 Å². The average molecular weight is 486 g/mol. The fraction of sp³-hybridized carbons (Fsp3) is 0.429. The van der Waals surface area contributed by atoms with Crippen molar-refractivity contribution in [2.75, 3.05) is 49.7 Å². The third-order valence-electron chi connectivity index (χ3n) is 7.17. The number of nitriles is 1. The predicted molar refractivity (Wildman–Crippen MR) is 138 cm³/mol. The van der Waals surface area contributed by atoms with Crippen LogP contribution in [0.1, 0.15) is 43.4 Å². The van der Waals surface area contributed by atoms with Gasteiger partial charge < -0.3 is 19.4 Å². The molecule has 3 aliphatic rings. The minimum Gasteiger partial charge on any atom is -0.384 e. The molecule has 1 aliphatic carbocycles. The smallest absolute Gasteiger partial charge is 0.251 e. The Kier molecular flexibility index (Phi) is 6.75. The van der Waals surface area contributed by atoms with E-state index in [0.717, 1.165) is 35.3 Å². The van der Waals surface area contributed by atoms with Gasteiger partial charge in [0.05, 0.1) is 24.3 Å². The Balaban J connectivity index is 1.44. The van der Waals surface area contributed by atoms with Crippen LogP contribution in [0.15, 0.2) is 42.5 Å². The molecule has 1 aromatic heterocycles. The zero-order chi connectivity index (χ0) is 25.2. The predicted octanol–water partition coefficient (Wildman–Crippen LogP) is 3.47. The Bertz CT molecular complexity index is 1250. The van der Waals surface area contributed by atoms with Crippen LogP contribution in [0.2, 0.25) is 0 Å². The van der Waals surface area contributed by atoms with Gasteiger partial charge in [-0.25, -0.2) is 4.98 Å². The van der Waals surface area contributed by atoms with Crippen molar-refractivity contribution < 1.29 is 14.3 Å². The molecule has 2 amide bonds. The minimum absolute atomic E-state index is 0.0174. The molecule has 36 heavy (non-hydrogen) atoms. The normalized spacial score (nSPS) is 19.6. The number of hydrogen-bond acceptors (Lipinski definition) is 6. The lowest BCUT2D eigenvalue weighted by Crippen LogP contribution is -2.54. The summed E-state index contributed by atoms with van der Waals surface area (Å²) in [5, 5.41) is 10.1. The molecule has 1 atom stereocenters. The number of ether oxygens (including phenoxy) is 1. The SMILES string of the molecule is COCCC(=O)N1CCN(c2nc(C3CC3)c(-c3cccc(N4CC=CC4=O)c3)cc2C#N)C[C@H]1C. The van der Waals surface area contributed by atoms with E-state index in [4.69, 9.17) is 9.72 Å². The summed E-state index contributed by atoms with van der Waals surface area (Å²) in [6.45, 7) is 4.88. The van der Waals surface area contributed by atoms with Crippen LogP contribution in [0.25, 0.3) is 11.1 Å². The van der Waals surface area contributed by atoms with Gasteiger partial charge in [0.15, 0.2) is 0 Å². The van der Waals surface area contributed by atoms with Crippen LogP contribution < -0.4 is 9.80 Å². The monoisotopic (exact) mass is 485 g/mol. The number of carbonyl (C=O) groups excluding carboxylic acids is 2. The van der Waals surface area contributed by atoms with Crippen LogP contribution in [-0.4, -0.2) is 67.6 Å². The number of piperazine rings is 1. The summed E-state index contributed by atoms with van der Waals surface area (Å²) < 4.78 is 5.06. The molecule has 186 valence electrons. The highest BCUT2D eigenvalue weighted by Gasteiger charge is 2.33. The van der Waals surface area contributed by atoms with Gasteiger partial charge in [0.25, 0.3) is 5.91 Å². The van der Waals surface area contributed by atoms with Crippen LogP contribution in [0.3, 0.4) is 0 Å². The van der Waals surface area contributed by atoms with E-state index in [0.29, 0.717) is 56.5 Å². The lowest BCUT2D eigenvalue weighted by molar-refractivity contribution is -0.134. The van der Waals surface area contributed by atoms with E-state index in [-0.39, 0.29) is 17.9 Å². The van der Waals surface area contributed by atoms with Gasteiger partial charge in [-0.1, -0.05) is 18.2 Å². The van der Waals surface area contributed by atoms with Crippen LogP contribution in [0.5, 0.6) is 0 Å². The number of carbonyl (C=O) groups is 2. The minimum atomic E-state index is -0.0188. The fourth-order valence-electron chi connectivity index (χ4n) is 5.11. The largest absolute Gasteiger partial charge is 0.384 e. The molecule has 8 heteroatoms. The maximum atomic E-state index is 12.6. The molecule has 2 fully saturated rings. The number of aromatic nitrogens is 1. The van der Waals surface area contributed by atoms with Crippen molar-refractivity contribution in [2.45, 2.75) is 38.1 Å². The van der Waals surface area contributed by atoms with Crippen molar-refractivity contribution in [1.29, 1.82) is 5.26 Å². The van der Waals surface area contributed by atoms with E-state index in [2.05, 4.69) is 11.0 Å². The quantitative estimate of drug-likeness (QED) is 0.597. The number of pyridine rings is 1. The number of nitrogens with zero attached hydrogens (tertiary/aromatic N) is 5. The Labute approximate surface area is 211 Å². The molecule has 0 bridgehead atoms. The molecular formula is C28H31N5O3. The first-order chi connectivity index (χ1) is 17.5. The third kappa shape index (κ3) is 4.71. The molecule has 0 unspecified atom stereocenters. The molecule has 5 rings (SSSR count). The van der Waals surface area contributed by atoms with E-state index < -0.39 is 0 Å². The molecule has 8 nitrogen and oxygen atoms in total. The van der Waals surface area contributed by atoms with Gasteiger partial charge in [-0.2, -0.15) is 5.26 Å². The molecule has 2 aliphatic heterocycles. The van der Waals surface area contributed by atoms with Crippen molar-refractivity contribution in [3.63, 3.8) is 0 Å². The Morgan fingerprint density at radius 1 is 1.25 bits per heavy atom. The topological polar surface area (TPSA) is 89.8 Å². The second-order valence-electron chi connectivity index (χ2n) is 9.70. The van der Waals surface area contributed by atoms with Gasteiger partial charge in [-0.05, 0) is 43.5 Å². The summed E-state index contributed by atoms with van der Waals surface area (Å²) in [7, 11) is 1.60. The molecule has 1 saturated heterocycles. The summed E-state index contributed by atoms with van der Waals surface area (Å²) in [6.07, 6.45) is 6.00. The second-order valence-corrected chi connectivity index (χ2v) is 9.70. The van der Waals surface area contributed by atoms with Crippen LogP contribution in [-0.2, 0) is 14.3 Å². The summed E-state index contributed by atoms with van der Waals surface area (Å²) in [5.74, 6) is 1.15. The van der Waals surface area contributed by atoms with Crippen molar-refractivity contribution in [3.8, 4) is 17.2 Å². The summed E-state index contributed by atoms with van der Waals surface area (Å²) in [6, 6.07) is 12.3. The molecule has 0 spiro atoms. The van der Waals surface area contributed by atoms with Crippen LogP contribution in [0.4, 0.5) is 11.5 Å². The maximum absolute atomic E-state index is 12.6. The standard InChI is InChI=1S/C28H31N5O3/c1-19-18-31(12-13-32(19)26(35)10-14-36-2)28-22(17-29)16-24(27(30-28)20-8-9-20)21-5-3-6-23(15-21)33-11-4-7-25(33)34/h3-7,15-16,19-20H,8-14,18H2,1-2H3/t19-/m1/s1. The summed E-state index contributed by atoms with van der Waals surface area (Å²) >= 11 is 0. The molecule has 0 radical (unpaired) electrons. The Morgan fingerprint density at radius 3 is 2.75 bits per heavy atom. The number of methoxy groups -OCH3 is 1. The average Bonchev–Trinajstić information content (AvgIpc) is 3.66. The zero-order valence-electron chi connectivity index (χ0n) is 20.8. The number of hydrogen-bond donors (Lipinski definition) is 0.